The van der Waals surface area contributed by atoms with Gasteiger partial charge in [0.2, 0.25) is 5.78 Å². The molecule has 1 atom stereocenters. The summed E-state index contributed by atoms with van der Waals surface area (Å²) in [6, 6.07) is 17.0. The van der Waals surface area contributed by atoms with E-state index in [-0.39, 0.29) is 56.2 Å². The van der Waals surface area contributed by atoms with E-state index in [2.05, 4.69) is 26.9 Å². The predicted octanol–water partition coefficient (Wildman–Crippen LogP) is 10.4. The molecule has 1 aliphatic heterocycles. The fourth-order valence-corrected chi connectivity index (χ4v) is 9.50. The number of hydrogen-bond acceptors (Lipinski definition) is 9. The fourth-order valence-electron chi connectivity index (χ4n) is 8.16. The van der Waals surface area contributed by atoms with E-state index in [1.54, 1.807) is 36.4 Å². The first kappa shape index (κ1) is 49.4. The molecular formula is C50H59ClN6O8S. The van der Waals surface area contributed by atoms with Gasteiger partial charge in [-0.15, -0.1) is 0 Å². The molecule has 66 heavy (non-hydrogen) atoms. The van der Waals surface area contributed by atoms with Gasteiger partial charge in [0, 0.05) is 25.0 Å². The third-order valence-corrected chi connectivity index (χ3v) is 13.5. The van der Waals surface area contributed by atoms with Gasteiger partial charge in [-0.2, -0.15) is 0 Å². The number of rotatable bonds is 27. The van der Waals surface area contributed by atoms with E-state index >= 15 is 0 Å². The van der Waals surface area contributed by atoms with Crippen LogP contribution in [0.15, 0.2) is 101 Å². The van der Waals surface area contributed by atoms with Crippen LogP contribution in [0.1, 0.15) is 141 Å². The number of sulfonamides is 1. The van der Waals surface area contributed by atoms with Gasteiger partial charge in [-0.05, 0) is 61.0 Å². The number of hydrogen-bond donors (Lipinski definition) is 3. The van der Waals surface area contributed by atoms with Gasteiger partial charge in [-0.25, -0.2) is 13.2 Å². The molecule has 6 rings (SSSR count). The Morgan fingerprint density at radius 2 is 1.27 bits per heavy atom. The van der Waals surface area contributed by atoms with Crippen LogP contribution >= 0.6 is 11.6 Å². The van der Waals surface area contributed by atoms with E-state index < -0.39 is 45.3 Å². The minimum Gasteiger partial charge on any atom is -0.491 e. The van der Waals surface area contributed by atoms with Crippen molar-refractivity contribution in [1.82, 2.24) is 19.4 Å². The van der Waals surface area contributed by atoms with Crippen LogP contribution in [0.25, 0.3) is 11.3 Å². The molecule has 3 amide bonds. The molecule has 0 fully saturated rings. The number of imidazole rings is 1. The van der Waals surface area contributed by atoms with Crippen molar-refractivity contribution in [2.75, 3.05) is 16.6 Å². The second kappa shape index (κ2) is 23.9. The lowest BCUT2D eigenvalue weighted by molar-refractivity contribution is -0.118. The standard InChI is InChI=1S/C50H59ClN6O8S/c1-3-4-5-6-7-8-9-10-11-12-13-14-15-16-17-22-33-65-42-28-27-36(66(63,64)55-40-26-21-20-25-39(40)51)34-41(42)53-47(59)45(57-48(60)37-23-18-19-24-38(37)49(57)61)46(58)43-44(56(2)50(62)54-43)35-29-31-52-32-30-35/h18-21,23-32,34,45,55H,3-17,22,33H2,1-2H3,(H,53,59)(H,54,62). The second-order valence-corrected chi connectivity index (χ2v) is 18.7. The molecule has 0 saturated heterocycles. The molecule has 3 N–H and O–H groups in total. The first-order chi connectivity index (χ1) is 31.9. The summed E-state index contributed by atoms with van der Waals surface area (Å²) in [6.45, 7) is 2.47. The normalized spacial score (nSPS) is 12.9. The molecular weight excluding hydrogens is 880 g/mol. The molecule has 16 heteroatoms. The number of para-hydroxylation sites is 1. The van der Waals surface area contributed by atoms with Crippen molar-refractivity contribution in [3.63, 3.8) is 0 Å². The van der Waals surface area contributed by atoms with Crippen LogP contribution < -0.4 is 20.5 Å². The van der Waals surface area contributed by atoms with Crippen LogP contribution in [0.5, 0.6) is 5.75 Å². The van der Waals surface area contributed by atoms with Gasteiger partial charge in [-0.3, -0.25) is 38.4 Å². The number of anilines is 2. The number of halogens is 1. The average Bonchev–Trinajstić information content (AvgIpc) is 3.75. The van der Waals surface area contributed by atoms with Crippen molar-refractivity contribution >= 4 is 56.5 Å². The predicted molar refractivity (Wildman–Crippen MR) is 257 cm³/mol. The summed E-state index contributed by atoms with van der Waals surface area (Å²) in [5.74, 6) is -3.98. The topological polar surface area (TPSA) is 190 Å². The average molecular weight is 940 g/mol. The van der Waals surface area contributed by atoms with E-state index in [1.165, 1.54) is 137 Å². The third-order valence-electron chi connectivity index (χ3n) is 11.8. The molecule has 5 aromatic rings. The third kappa shape index (κ3) is 12.4. The number of nitrogens with zero attached hydrogens (tertiary/aromatic N) is 3. The number of unbranched alkanes of at least 4 members (excludes halogenated alkanes) is 15. The zero-order chi connectivity index (χ0) is 47.1. The SMILES string of the molecule is CCCCCCCCCCCCCCCCCCOc1ccc(S(=O)(=O)Nc2ccccc2Cl)cc1NC(=O)C(C(=O)c1[nH]c(=O)n(C)c1-c1ccncc1)N1C(=O)c2ccccc2C1=O. The number of carbonyl (C=O) groups is 4. The summed E-state index contributed by atoms with van der Waals surface area (Å²) in [6.07, 6.45) is 22.2. The number of carbonyl (C=O) groups excluding carboxylic acids is 4. The van der Waals surface area contributed by atoms with Crippen LogP contribution in [0.3, 0.4) is 0 Å². The summed E-state index contributed by atoms with van der Waals surface area (Å²) in [7, 11) is -2.90. The minimum absolute atomic E-state index is 0.0226. The number of ketones is 1. The molecule has 14 nitrogen and oxygen atoms in total. The number of benzene rings is 3. The summed E-state index contributed by atoms with van der Waals surface area (Å²) >= 11 is 6.28. The van der Waals surface area contributed by atoms with Crippen LogP contribution in [0.2, 0.25) is 5.02 Å². The number of aromatic nitrogens is 3. The first-order valence-electron chi connectivity index (χ1n) is 23.0. The van der Waals surface area contributed by atoms with Crippen LogP contribution in [0, 0.1) is 0 Å². The Kier molecular flexibility index (Phi) is 17.9. The smallest absolute Gasteiger partial charge is 0.326 e. The van der Waals surface area contributed by atoms with Gasteiger partial charge in [-0.1, -0.05) is 139 Å². The van der Waals surface area contributed by atoms with Gasteiger partial charge in [0.25, 0.3) is 27.7 Å². The van der Waals surface area contributed by atoms with Gasteiger partial charge < -0.3 is 15.0 Å². The number of fused-ring (bicyclic) bond motifs is 1. The minimum atomic E-state index is -4.33. The zero-order valence-electron chi connectivity index (χ0n) is 37.7. The summed E-state index contributed by atoms with van der Waals surface area (Å²) in [4.78, 5) is 77.4. The number of amides is 3. The van der Waals surface area contributed by atoms with Gasteiger partial charge in [0.1, 0.15) is 11.4 Å². The van der Waals surface area contributed by atoms with Crippen LogP contribution in [0.4, 0.5) is 11.4 Å². The van der Waals surface area contributed by atoms with Crippen molar-refractivity contribution in [1.29, 1.82) is 0 Å². The molecule has 0 spiro atoms. The Morgan fingerprint density at radius 1 is 0.727 bits per heavy atom. The maximum Gasteiger partial charge on any atom is 0.326 e. The zero-order valence-corrected chi connectivity index (χ0v) is 39.2. The number of ether oxygens (including phenoxy) is 1. The Bertz CT molecular complexity index is 2610. The number of H-pyrrole nitrogens is 1. The maximum absolute atomic E-state index is 14.8. The molecule has 0 aliphatic carbocycles. The quantitative estimate of drug-likeness (QED) is 0.0199. The molecule has 3 aromatic carbocycles. The number of aromatic amines is 1. The molecule has 0 saturated carbocycles. The lowest BCUT2D eigenvalue weighted by atomic mass is 10.0. The van der Waals surface area contributed by atoms with Crippen molar-refractivity contribution in [2.45, 2.75) is 121 Å². The Hall–Kier alpha value is -6.06. The molecule has 2 aromatic heterocycles. The highest BCUT2D eigenvalue weighted by Crippen LogP contribution is 2.33. The monoisotopic (exact) mass is 938 g/mol. The van der Waals surface area contributed by atoms with Gasteiger partial charge in [0.15, 0.2) is 6.04 Å². The Labute approximate surface area is 391 Å². The number of nitrogens with one attached hydrogen (secondary N) is 3. The van der Waals surface area contributed by atoms with Crippen molar-refractivity contribution < 1.29 is 32.3 Å². The lowest BCUT2D eigenvalue weighted by Crippen LogP contribution is -2.52. The highest BCUT2D eigenvalue weighted by Gasteiger charge is 2.47. The second-order valence-electron chi connectivity index (χ2n) is 16.6. The number of imide groups is 1. The van der Waals surface area contributed by atoms with Crippen molar-refractivity contribution in [3.05, 3.63) is 124 Å². The molecule has 350 valence electrons. The number of pyridine rings is 1. The Balaban J connectivity index is 1.20. The molecule has 3 heterocycles. The highest BCUT2D eigenvalue weighted by molar-refractivity contribution is 7.92. The van der Waals surface area contributed by atoms with E-state index in [1.807, 2.05) is 0 Å². The molecule has 1 unspecified atom stereocenters. The molecule has 1 aliphatic rings. The largest absolute Gasteiger partial charge is 0.491 e. The van der Waals surface area contributed by atoms with Gasteiger partial charge >= 0.3 is 5.69 Å². The summed E-state index contributed by atoms with van der Waals surface area (Å²) in [5, 5.41) is 2.78. The van der Waals surface area contributed by atoms with Crippen molar-refractivity contribution in [3.8, 4) is 17.0 Å². The van der Waals surface area contributed by atoms with E-state index in [4.69, 9.17) is 16.3 Å². The van der Waals surface area contributed by atoms with E-state index in [0.29, 0.717) is 16.9 Å². The van der Waals surface area contributed by atoms with Crippen LogP contribution in [-0.4, -0.2) is 64.0 Å². The lowest BCUT2D eigenvalue weighted by Gasteiger charge is -2.25. The van der Waals surface area contributed by atoms with Crippen molar-refractivity contribution in [2.24, 2.45) is 7.05 Å². The fraction of sp³-hybridized carbons (Fsp3) is 0.400. The highest BCUT2D eigenvalue weighted by atomic mass is 35.5. The summed E-state index contributed by atoms with van der Waals surface area (Å²) in [5.41, 5.74) is -0.634. The first-order valence-corrected chi connectivity index (χ1v) is 24.8. The van der Waals surface area contributed by atoms with Crippen LogP contribution in [-0.2, 0) is 21.9 Å². The maximum atomic E-state index is 14.8. The molecule has 0 radical (unpaired) electrons. The molecule has 0 bridgehead atoms. The summed E-state index contributed by atoms with van der Waals surface area (Å²) < 4.78 is 37.3. The van der Waals surface area contributed by atoms with Gasteiger partial charge in [0.05, 0.1) is 44.7 Å². The Morgan fingerprint density at radius 3 is 1.85 bits per heavy atom. The van der Waals surface area contributed by atoms with E-state index in [0.717, 1.165) is 25.3 Å². The number of Topliss-reactive ketones (excluding diaryl/α,β-unsaturated/α-hetero) is 1. The van der Waals surface area contributed by atoms with E-state index in [9.17, 15) is 32.4 Å².